The van der Waals surface area contributed by atoms with E-state index in [1.165, 1.54) is 41.3 Å². The van der Waals surface area contributed by atoms with Crippen molar-refractivity contribution in [3.63, 3.8) is 0 Å². The van der Waals surface area contributed by atoms with Crippen LogP contribution in [-0.2, 0) is 13.0 Å². The highest BCUT2D eigenvalue weighted by Gasteiger charge is 2.30. The molecule has 2 N–H and O–H groups in total. The summed E-state index contributed by atoms with van der Waals surface area (Å²) in [6, 6.07) is 19.0. The van der Waals surface area contributed by atoms with Gasteiger partial charge < -0.3 is 15.3 Å². The average molecular weight is 374 g/mol. The number of benzene rings is 2. The first-order valence-corrected chi connectivity index (χ1v) is 10.4. The number of fused-ring (bicyclic) bond motifs is 2. The van der Waals surface area contributed by atoms with Gasteiger partial charge in [0.15, 0.2) is 0 Å². The van der Waals surface area contributed by atoms with Crippen LogP contribution in [0, 0.1) is 0 Å². The minimum Gasteiger partial charge on any atom is -0.391 e. The molecule has 28 heavy (non-hydrogen) atoms. The SMILES string of the molecule is O[C@H]1Cc2ccccc2[C@H]1NCc1cc2ccccc2nc1N1CCCCC1. The van der Waals surface area contributed by atoms with Crippen molar-refractivity contribution < 1.29 is 5.11 Å². The van der Waals surface area contributed by atoms with E-state index >= 15 is 0 Å². The molecule has 1 fully saturated rings. The summed E-state index contributed by atoms with van der Waals surface area (Å²) in [6.45, 7) is 2.86. The van der Waals surface area contributed by atoms with E-state index in [1.54, 1.807) is 0 Å². The summed E-state index contributed by atoms with van der Waals surface area (Å²) in [4.78, 5) is 7.47. The fourth-order valence-corrected chi connectivity index (χ4v) is 4.70. The molecule has 4 heteroatoms. The number of para-hydroxylation sites is 1. The number of aliphatic hydroxyl groups is 1. The van der Waals surface area contributed by atoms with Crippen LogP contribution < -0.4 is 10.2 Å². The topological polar surface area (TPSA) is 48.4 Å². The first-order chi connectivity index (χ1) is 13.8. The molecule has 0 spiro atoms. The van der Waals surface area contributed by atoms with Crippen molar-refractivity contribution in [3.8, 4) is 0 Å². The lowest BCUT2D eigenvalue weighted by Gasteiger charge is -2.30. The van der Waals surface area contributed by atoms with Gasteiger partial charge in [-0.25, -0.2) is 4.98 Å². The third-order valence-electron chi connectivity index (χ3n) is 6.15. The molecule has 2 aliphatic rings. The van der Waals surface area contributed by atoms with Gasteiger partial charge in [0.25, 0.3) is 0 Å². The van der Waals surface area contributed by atoms with Crippen molar-refractivity contribution in [1.29, 1.82) is 0 Å². The highest BCUT2D eigenvalue weighted by molar-refractivity contribution is 5.81. The van der Waals surface area contributed by atoms with E-state index in [-0.39, 0.29) is 12.1 Å². The summed E-state index contributed by atoms with van der Waals surface area (Å²) in [7, 11) is 0. The maximum absolute atomic E-state index is 10.6. The normalized spacial score (nSPS) is 21.8. The molecule has 1 aromatic heterocycles. The smallest absolute Gasteiger partial charge is 0.133 e. The largest absolute Gasteiger partial charge is 0.391 e. The summed E-state index contributed by atoms with van der Waals surface area (Å²) < 4.78 is 0. The minimum absolute atomic E-state index is 0.0168. The average Bonchev–Trinajstić information content (AvgIpc) is 3.07. The number of pyridine rings is 1. The van der Waals surface area contributed by atoms with Gasteiger partial charge in [0.2, 0.25) is 0 Å². The van der Waals surface area contributed by atoms with Crippen LogP contribution in [0.15, 0.2) is 54.6 Å². The Kier molecular flexibility index (Phi) is 4.75. The molecule has 1 aliphatic heterocycles. The Morgan fingerprint density at radius 1 is 1.00 bits per heavy atom. The van der Waals surface area contributed by atoms with E-state index in [0.29, 0.717) is 6.54 Å². The molecule has 3 aromatic rings. The van der Waals surface area contributed by atoms with Gasteiger partial charge in [-0.3, -0.25) is 0 Å². The molecule has 0 saturated carbocycles. The standard InChI is InChI=1S/C24H27N3O/c28-22-15-17-8-2-4-10-20(17)23(22)25-16-19-14-18-9-3-5-11-21(18)26-24(19)27-12-6-1-7-13-27/h2-5,8-11,14,22-23,25,28H,1,6-7,12-13,15-16H2/t22-,23+/m0/s1. The maximum Gasteiger partial charge on any atom is 0.133 e. The molecular formula is C24H27N3O. The predicted molar refractivity (Wildman–Crippen MR) is 114 cm³/mol. The molecular weight excluding hydrogens is 346 g/mol. The van der Waals surface area contributed by atoms with Gasteiger partial charge in [-0.05, 0) is 42.5 Å². The lowest BCUT2D eigenvalue weighted by atomic mass is 10.1. The van der Waals surface area contributed by atoms with E-state index in [9.17, 15) is 5.11 Å². The van der Waals surface area contributed by atoms with Crippen LogP contribution >= 0.6 is 0 Å². The van der Waals surface area contributed by atoms with Crippen molar-refractivity contribution in [3.05, 3.63) is 71.3 Å². The fourth-order valence-electron chi connectivity index (χ4n) is 4.70. The molecule has 144 valence electrons. The number of aliphatic hydroxyl groups excluding tert-OH is 1. The van der Waals surface area contributed by atoms with Crippen molar-refractivity contribution in [1.82, 2.24) is 10.3 Å². The van der Waals surface area contributed by atoms with Gasteiger partial charge in [-0.2, -0.15) is 0 Å². The number of rotatable bonds is 4. The Labute approximate surface area is 166 Å². The van der Waals surface area contributed by atoms with Crippen LogP contribution in [0.25, 0.3) is 10.9 Å². The highest BCUT2D eigenvalue weighted by Crippen LogP contribution is 2.32. The monoisotopic (exact) mass is 373 g/mol. The van der Waals surface area contributed by atoms with Crippen LogP contribution in [0.5, 0.6) is 0 Å². The third kappa shape index (κ3) is 3.27. The Hall–Kier alpha value is -2.43. The lowest BCUT2D eigenvalue weighted by molar-refractivity contribution is 0.140. The van der Waals surface area contributed by atoms with Crippen LogP contribution in [0.4, 0.5) is 5.82 Å². The summed E-state index contributed by atoms with van der Waals surface area (Å²) in [5, 5.41) is 15.4. The van der Waals surface area contributed by atoms with Crippen molar-refractivity contribution >= 4 is 16.7 Å². The Morgan fingerprint density at radius 2 is 1.79 bits per heavy atom. The molecule has 1 aliphatic carbocycles. The Bertz CT molecular complexity index is 981. The minimum atomic E-state index is -0.371. The Morgan fingerprint density at radius 3 is 2.68 bits per heavy atom. The van der Waals surface area contributed by atoms with E-state index in [0.717, 1.165) is 30.8 Å². The molecule has 2 aromatic carbocycles. The molecule has 2 heterocycles. The van der Waals surface area contributed by atoms with Crippen LogP contribution in [0.3, 0.4) is 0 Å². The summed E-state index contributed by atoms with van der Waals surface area (Å²) in [6.07, 6.45) is 4.13. The van der Waals surface area contributed by atoms with Crippen molar-refractivity contribution in [2.75, 3.05) is 18.0 Å². The van der Waals surface area contributed by atoms with Crippen molar-refractivity contribution in [2.45, 2.75) is 44.4 Å². The van der Waals surface area contributed by atoms with Crippen LogP contribution in [0.1, 0.15) is 42.0 Å². The van der Waals surface area contributed by atoms with Gasteiger partial charge in [0.1, 0.15) is 5.82 Å². The van der Waals surface area contributed by atoms with Gasteiger partial charge in [-0.15, -0.1) is 0 Å². The number of anilines is 1. The molecule has 1 saturated heterocycles. The van der Waals surface area contributed by atoms with Gasteiger partial charge in [0, 0.05) is 37.0 Å². The Balaban J connectivity index is 1.46. The first kappa shape index (κ1) is 17.7. The van der Waals surface area contributed by atoms with Gasteiger partial charge in [0.05, 0.1) is 17.7 Å². The van der Waals surface area contributed by atoms with Crippen LogP contribution in [0.2, 0.25) is 0 Å². The van der Waals surface area contributed by atoms with Gasteiger partial charge >= 0.3 is 0 Å². The summed E-state index contributed by atoms with van der Waals surface area (Å²) in [5.74, 6) is 1.10. The molecule has 0 radical (unpaired) electrons. The van der Waals surface area contributed by atoms with E-state index in [1.807, 2.05) is 0 Å². The van der Waals surface area contributed by atoms with Gasteiger partial charge in [-0.1, -0.05) is 42.5 Å². The predicted octanol–water partition coefficient (Wildman–Crippen LogP) is 3.97. The van der Waals surface area contributed by atoms with Crippen molar-refractivity contribution in [2.24, 2.45) is 0 Å². The number of hydrogen-bond acceptors (Lipinski definition) is 4. The quantitative estimate of drug-likeness (QED) is 0.726. The molecule has 5 rings (SSSR count). The second-order valence-corrected chi connectivity index (χ2v) is 8.04. The number of piperidine rings is 1. The fraction of sp³-hybridized carbons (Fsp3) is 0.375. The van der Waals surface area contributed by atoms with Crippen LogP contribution in [-0.4, -0.2) is 29.3 Å². The first-order valence-electron chi connectivity index (χ1n) is 10.4. The van der Waals surface area contributed by atoms with E-state index in [4.69, 9.17) is 4.98 Å². The number of nitrogens with one attached hydrogen (secondary N) is 1. The number of aromatic nitrogens is 1. The number of hydrogen-bond donors (Lipinski definition) is 2. The molecule has 4 nitrogen and oxygen atoms in total. The van der Waals surface area contributed by atoms with E-state index in [2.05, 4.69) is 64.8 Å². The number of nitrogens with zero attached hydrogens (tertiary/aromatic N) is 2. The second-order valence-electron chi connectivity index (χ2n) is 8.04. The lowest BCUT2D eigenvalue weighted by Crippen LogP contribution is -2.33. The summed E-state index contributed by atoms with van der Waals surface area (Å²) >= 11 is 0. The molecule has 2 atom stereocenters. The second kappa shape index (κ2) is 7.53. The zero-order valence-corrected chi connectivity index (χ0v) is 16.1. The molecule has 0 unspecified atom stereocenters. The maximum atomic E-state index is 10.6. The molecule has 0 bridgehead atoms. The zero-order chi connectivity index (χ0) is 18.9. The highest BCUT2D eigenvalue weighted by atomic mass is 16.3. The zero-order valence-electron chi connectivity index (χ0n) is 16.1. The van der Waals surface area contributed by atoms with E-state index < -0.39 is 0 Å². The third-order valence-corrected chi connectivity index (χ3v) is 6.15. The summed E-state index contributed by atoms with van der Waals surface area (Å²) in [5.41, 5.74) is 4.75. The molecule has 0 amide bonds.